The minimum Gasteiger partial charge on any atom is -0.494 e. The Labute approximate surface area is 135 Å². The number of rotatable bonds is 2. The predicted molar refractivity (Wildman–Crippen MR) is 92.4 cm³/mol. The average molecular weight is 357 g/mol. The van der Waals surface area contributed by atoms with Gasteiger partial charge >= 0.3 is 0 Å². The van der Waals surface area contributed by atoms with Crippen LogP contribution in [0, 0.1) is 0 Å². The normalized spacial score (nSPS) is 11.4. The lowest BCUT2D eigenvalue weighted by atomic mass is 10.1. The van der Waals surface area contributed by atoms with Crippen molar-refractivity contribution in [2.75, 3.05) is 7.05 Å². The van der Waals surface area contributed by atoms with Gasteiger partial charge in [-0.05, 0) is 24.3 Å². The van der Waals surface area contributed by atoms with Crippen molar-refractivity contribution in [2.45, 2.75) is 0 Å². The maximum atomic E-state index is 12.8. The number of hydrogen-bond acceptors (Lipinski definition) is 3. The SMILES string of the molecule is CN=Cc1c(O)n(-c2cccc(Br)c2)c(=O)c2ccccc12. The smallest absolute Gasteiger partial charge is 0.265 e. The fourth-order valence-corrected chi connectivity index (χ4v) is 2.86. The summed E-state index contributed by atoms with van der Waals surface area (Å²) in [7, 11) is 1.63. The molecule has 0 bridgehead atoms. The molecular weight excluding hydrogens is 344 g/mol. The molecule has 5 heteroatoms. The highest BCUT2D eigenvalue weighted by atomic mass is 79.9. The van der Waals surface area contributed by atoms with E-state index in [0.29, 0.717) is 22.0 Å². The van der Waals surface area contributed by atoms with Gasteiger partial charge in [0.2, 0.25) is 5.88 Å². The Morgan fingerprint density at radius 3 is 2.55 bits per heavy atom. The molecule has 4 nitrogen and oxygen atoms in total. The summed E-state index contributed by atoms with van der Waals surface area (Å²) in [5.41, 5.74) is 0.852. The highest BCUT2D eigenvalue weighted by Crippen LogP contribution is 2.26. The van der Waals surface area contributed by atoms with Crippen LogP contribution in [0.3, 0.4) is 0 Å². The van der Waals surface area contributed by atoms with Crippen molar-refractivity contribution in [1.29, 1.82) is 0 Å². The summed E-state index contributed by atoms with van der Waals surface area (Å²) in [6.45, 7) is 0. The Balaban J connectivity index is 2.48. The van der Waals surface area contributed by atoms with Crippen LogP contribution in [0.2, 0.25) is 0 Å². The molecule has 0 aliphatic carbocycles. The monoisotopic (exact) mass is 356 g/mol. The minimum absolute atomic E-state index is 0.118. The summed E-state index contributed by atoms with van der Waals surface area (Å²) in [6.07, 6.45) is 1.56. The highest BCUT2D eigenvalue weighted by molar-refractivity contribution is 9.10. The molecular formula is C17H13BrN2O2. The lowest BCUT2D eigenvalue weighted by Crippen LogP contribution is -2.20. The first-order valence-electron chi connectivity index (χ1n) is 6.68. The van der Waals surface area contributed by atoms with Gasteiger partial charge in [0.15, 0.2) is 0 Å². The second kappa shape index (κ2) is 5.77. The van der Waals surface area contributed by atoms with Crippen molar-refractivity contribution in [1.82, 2.24) is 4.57 Å². The molecule has 110 valence electrons. The third-order valence-corrected chi connectivity index (χ3v) is 3.92. The van der Waals surface area contributed by atoms with Gasteiger partial charge in [0.25, 0.3) is 5.56 Å². The number of aromatic hydroxyl groups is 1. The standard InChI is InChI=1S/C17H13BrN2O2/c1-19-10-15-13-7-2-3-8-14(13)16(21)20(17(15)22)12-6-4-5-11(18)9-12/h2-10,22H,1H3. The minimum atomic E-state index is -0.264. The molecule has 1 N–H and O–H groups in total. The molecule has 3 aromatic rings. The van der Waals surface area contributed by atoms with Crippen LogP contribution < -0.4 is 5.56 Å². The number of hydrogen-bond donors (Lipinski definition) is 1. The molecule has 3 rings (SSSR count). The van der Waals surface area contributed by atoms with Gasteiger partial charge in [0, 0.05) is 28.5 Å². The first kappa shape index (κ1) is 14.5. The van der Waals surface area contributed by atoms with Crippen LogP contribution in [-0.2, 0) is 0 Å². The van der Waals surface area contributed by atoms with Crippen molar-refractivity contribution in [3.63, 3.8) is 0 Å². The van der Waals surface area contributed by atoms with E-state index in [2.05, 4.69) is 20.9 Å². The Morgan fingerprint density at radius 2 is 1.86 bits per heavy atom. The summed E-state index contributed by atoms with van der Waals surface area (Å²) in [5, 5.41) is 11.8. The Bertz CT molecular complexity index is 945. The predicted octanol–water partition coefficient (Wildman–Crippen LogP) is 3.51. The van der Waals surface area contributed by atoms with Gasteiger partial charge in [-0.1, -0.05) is 40.2 Å². The number of halogens is 1. The van der Waals surface area contributed by atoms with Crippen LogP contribution in [0.25, 0.3) is 16.5 Å². The van der Waals surface area contributed by atoms with Crippen LogP contribution in [0.4, 0.5) is 0 Å². The van der Waals surface area contributed by atoms with Crippen molar-refractivity contribution >= 4 is 32.9 Å². The lowest BCUT2D eigenvalue weighted by molar-refractivity contribution is 0.436. The lowest BCUT2D eigenvalue weighted by Gasteiger charge is -2.13. The van der Waals surface area contributed by atoms with Crippen LogP contribution >= 0.6 is 15.9 Å². The molecule has 0 unspecified atom stereocenters. The molecule has 0 saturated carbocycles. The number of benzene rings is 2. The van der Waals surface area contributed by atoms with Gasteiger partial charge in [-0.3, -0.25) is 9.79 Å². The Hall–Kier alpha value is -2.40. The molecule has 22 heavy (non-hydrogen) atoms. The number of fused-ring (bicyclic) bond motifs is 1. The van der Waals surface area contributed by atoms with Gasteiger partial charge in [0.1, 0.15) is 0 Å². The molecule has 0 aliphatic heterocycles. The topological polar surface area (TPSA) is 54.6 Å². The zero-order valence-electron chi connectivity index (χ0n) is 11.8. The zero-order chi connectivity index (χ0) is 15.7. The molecule has 0 spiro atoms. The van der Waals surface area contributed by atoms with Crippen LogP contribution in [0.5, 0.6) is 5.88 Å². The molecule has 0 saturated heterocycles. The van der Waals surface area contributed by atoms with E-state index in [4.69, 9.17) is 0 Å². The molecule has 1 heterocycles. The maximum absolute atomic E-state index is 12.8. The summed E-state index contributed by atoms with van der Waals surface area (Å²) in [6, 6.07) is 14.4. The third-order valence-electron chi connectivity index (χ3n) is 3.43. The summed E-state index contributed by atoms with van der Waals surface area (Å²) in [4.78, 5) is 16.7. The van der Waals surface area contributed by atoms with Gasteiger partial charge in [0.05, 0.1) is 11.3 Å². The van der Waals surface area contributed by atoms with E-state index in [1.54, 1.807) is 43.6 Å². The maximum Gasteiger partial charge on any atom is 0.265 e. The third kappa shape index (κ3) is 2.33. The molecule has 0 aliphatic rings. The number of aliphatic imine (C=N–C) groups is 1. The van der Waals surface area contributed by atoms with Gasteiger partial charge in [-0.25, -0.2) is 4.57 Å². The zero-order valence-corrected chi connectivity index (χ0v) is 13.4. The van der Waals surface area contributed by atoms with Crippen molar-refractivity contribution in [2.24, 2.45) is 4.99 Å². The average Bonchev–Trinajstić information content (AvgIpc) is 2.52. The summed E-state index contributed by atoms with van der Waals surface area (Å²) < 4.78 is 2.12. The van der Waals surface area contributed by atoms with E-state index in [-0.39, 0.29) is 11.4 Å². The van der Waals surface area contributed by atoms with Crippen molar-refractivity contribution in [3.8, 4) is 11.6 Å². The number of nitrogens with zero attached hydrogens (tertiary/aromatic N) is 2. The van der Waals surface area contributed by atoms with E-state index in [1.807, 2.05) is 18.2 Å². The number of pyridine rings is 1. The molecule has 0 atom stereocenters. The largest absolute Gasteiger partial charge is 0.494 e. The molecule has 2 aromatic carbocycles. The van der Waals surface area contributed by atoms with Crippen LogP contribution in [-0.4, -0.2) is 22.9 Å². The van der Waals surface area contributed by atoms with E-state index in [9.17, 15) is 9.90 Å². The van der Waals surface area contributed by atoms with Gasteiger partial charge in [-0.15, -0.1) is 0 Å². The van der Waals surface area contributed by atoms with E-state index in [1.165, 1.54) is 4.57 Å². The van der Waals surface area contributed by atoms with Crippen LogP contribution in [0.15, 0.2) is 62.8 Å². The second-order valence-electron chi connectivity index (χ2n) is 4.79. The van der Waals surface area contributed by atoms with Gasteiger partial charge < -0.3 is 5.11 Å². The Kier molecular flexibility index (Phi) is 3.81. The van der Waals surface area contributed by atoms with E-state index >= 15 is 0 Å². The van der Waals surface area contributed by atoms with E-state index < -0.39 is 0 Å². The molecule has 0 radical (unpaired) electrons. The quantitative estimate of drug-likeness (QED) is 0.714. The molecule has 0 amide bonds. The van der Waals surface area contributed by atoms with Crippen LogP contribution in [0.1, 0.15) is 5.56 Å². The van der Waals surface area contributed by atoms with Gasteiger partial charge in [-0.2, -0.15) is 0 Å². The fourth-order valence-electron chi connectivity index (χ4n) is 2.47. The Morgan fingerprint density at radius 1 is 1.14 bits per heavy atom. The summed E-state index contributed by atoms with van der Waals surface area (Å²) in [5.74, 6) is -0.118. The highest BCUT2D eigenvalue weighted by Gasteiger charge is 2.15. The van der Waals surface area contributed by atoms with E-state index in [0.717, 1.165) is 4.47 Å². The fraction of sp³-hybridized carbons (Fsp3) is 0.0588. The molecule has 1 aromatic heterocycles. The summed E-state index contributed by atoms with van der Waals surface area (Å²) >= 11 is 3.38. The first-order valence-corrected chi connectivity index (χ1v) is 7.47. The molecule has 0 fully saturated rings. The van der Waals surface area contributed by atoms with Crippen molar-refractivity contribution in [3.05, 3.63) is 68.9 Å². The van der Waals surface area contributed by atoms with Crippen molar-refractivity contribution < 1.29 is 5.11 Å². The number of aromatic nitrogens is 1. The first-order chi connectivity index (χ1) is 10.6. The second-order valence-corrected chi connectivity index (χ2v) is 5.71.